The second-order valence-electron chi connectivity index (χ2n) is 7.14. The zero-order chi connectivity index (χ0) is 21.0. The molecule has 1 amide bonds. The quantitative estimate of drug-likeness (QED) is 0.647. The van der Waals surface area contributed by atoms with Crippen molar-refractivity contribution in [2.75, 3.05) is 11.9 Å². The Labute approximate surface area is 179 Å². The Kier molecular flexibility index (Phi) is 7.08. The van der Waals surface area contributed by atoms with Crippen LogP contribution in [0.3, 0.4) is 0 Å². The average molecular weight is 483 g/mol. The molecule has 156 valence electrons. The van der Waals surface area contributed by atoms with Gasteiger partial charge in [0.25, 0.3) is 0 Å². The molecule has 0 spiro atoms. The van der Waals surface area contributed by atoms with Crippen molar-refractivity contribution in [2.45, 2.75) is 50.0 Å². The molecule has 0 radical (unpaired) electrons. The average Bonchev–Trinajstić information content (AvgIpc) is 2.71. The molecule has 0 aliphatic carbocycles. The Morgan fingerprint density at radius 2 is 1.93 bits per heavy atom. The predicted molar refractivity (Wildman–Crippen MR) is 115 cm³/mol. The Morgan fingerprint density at radius 3 is 2.62 bits per heavy atom. The maximum absolute atomic E-state index is 14.0. The maximum atomic E-state index is 14.0. The largest absolute Gasteiger partial charge is 0.326 e. The first-order valence-electron chi connectivity index (χ1n) is 9.67. The van der Waals surface area contributed by atoms with Crippen molar-refractivity contribution in [3.63, 3.8) is 0 Å². The molecule has 5 nitrogen and oxygen atoms in total. The van der Waals surface area contributed by atoms with Gasteiger partial charge in [0.1, 0.15) is 5.82 Å². The zero-order valence-electron chi connectivity index (χ0n) is 16.2. The first-order chi connectivity index (χ1) is 13.8. The summed E-state index contributed by atoms with van der Waals surface area (Å²) in [4.78, 5) is 12.5. The predicted octanol–water partition coefficient (Wildman–Crippen LogP) is 4.72. The van der Waals surface area contributed by atoms with Gasteiger partial charge in [-0.1, -0.05) is 25.5 Å². The highest BCUT2D eigenvalue weighted by Gasteiger charge is 2.32. The number of amides is 1. The summed E-state index contributed by atoms with van der Waals surface area (Å²) in [7, 11) is -3.56. The van der Waals surface area contributed by atoms with Crippen LogP contribution < -0.4 is 5.32 Å². The number of rotatable bonds is 6. The number of halogens is 2. The highest BCUT2D eigenvalue weighted by atomic mass is 79.9. The molecule has 0 aromatic heterocycles. The van der Waals surface area contributed by atoms with Crippen molar-refractivity contribution in [3.05, 3.63) is 58.3 Å². The number of nitrogens with zero attached hydrogens (tertiary/aromatic N) is 1. The van der Waals surface area contributed by atoms with E-state index in [9.17, 15) is 17.6 Å². The van der Waals surface area contributed by atoms with Gasteiger partial charge in [-0.2, -0.15) is 4.31 Å². The van der Waals surface area contributed by atoms with E-state index in [2.05, 4.69) is 21.2 Å². The van der Waals surface area contributed by atoms with Gasteiger partial charge in [0.2, 0.25) is 15.9 Å². The van der Waals surface area contributed by atoms with Crippen LogP contribution in [0.15, 0.2) is 51.8 Å². The van der Waals surface area contributed by atoms with Crippen LogP contribution in [0, 0.1) is 5.82 Å². The second-order valence-corrected chi connectivity index (χ2v) is 9.88. The first kappa shape index (κ1) is 21.9. The highest BCUT2D eigenvalue weighted by Crippen LogP contribution is 2.27. The van der Waals surface area contributed by atoms with Gasteiger partial charge in [-0.3, -0.25) is 4.79 Å². The Bertz CT molecular complexity index is 980. The second kappa shape index (κ2) is 9.36. The van der Waals surface area contributed by atoms with E-state index in [0.29, 0.717) is 16.7 Å². The van der Waals surface area contributed by atoms with E-state index in [1.54, 1.807) is 34.6 Å². The van der Waals surface area contributed by atoms with Crippen LogP contribution in [0.25, 0.3) is 0 Å². The SMILES string of the molecule is CCC1CCCCN1S(=O)(=O)c1ccc(NC(=O)Cc2cccc(Br)c2F)cc1. The molecule has 1 unspecified atom stereocenters. The van der Waals surface area contributed by atoms with Gasteiger partial charge in [0.15, 0.2) is 0 Å². The summed E-state index contributed by atoms with van der Waals surface area (Å²) in [6.07, 6.45) is 3.48. The molecule has 1 fully saturated rings. The number of nitrogens with one attached hydrogen (secondary N) is 1. The van der Waals surface area contributed by atoms with E-state index in [4.69, 9.17) is 0 Å². The lowest BCUT2D eigenvalue weighted by atomic mass is 10.0. The molecule has 2 aromatic carbocycles. The first-order valence-corrected chi connectivity index (χ1v) is 11.9. The third kappa shape index (κ3) is 5.05. The number of piperidine rings is 1. The highest BCUT2D eigenvalue weighted by molar-refractivity contribution is 9.10. The molecule has 1 heterocycles. The van der Waals surface area contributed by atoms with Gasteiger partial charge in [-0.05, 0) is 71.1 Å². The number of hydrogen-bond donors (Lipinski definition) is 1. The van der Waals surface area contributed by atoms with Gasteiger partial charge in [-0.25, -0.2) is 12.8 Å². The fourth-order valence-electron chi connectivity index (χ4n) is 3.61. The normalized spacial score (nSPS) is 17.8. The van der Waals surface area contributed by atoms with E-state index in [-0.39, 0.29) is 28.8 Å². The van der Waals surface area contributed by atoms with E-state index < -0.39 is 15.8 Å². The van der Waals surface area contributed by atoms with Gasteiger partial charge in [0.05, 0.1) is 15.8 Å². The van der Waals surface area contributed by atoms with Gasteiger partial charge in [-0.15, -0.1) is 0 Å². The molecule has 2 aromatic rings. The summed E-state index contributed by atoms with van der Waals surface area (Å²) in [6.45, 7) is 2.54. The van der Waals surface area contributed by atoms with Crippen molar-refractivity contribution >= 4 is 37.5 Å². The number of carbonyl (C=O) groups excluding carboxylic acids is 1. The lowest BCUT2D eigenvalue weighted by molar-refractivity contribution is -0.115. The summed E-state index contributed by atoms with van der Waals surface area (Å²) in [5, 5.41) is 2.69. The molecule has 0 saturated carbocycles. The molecular weight excluding hydrogens is 459 g/mol. The van der Waals surface area contributed by atoms with Crippen LogP contribution in [-0.2, 0) is 21.2 Å². The van der Waals surface area contributed by atoms with Crippen molar-refractivity contribution < 1.29 is 17.6 Å². The van der Waals surface area contributed by atoms with Crippen LogP contribution in [0.4, 0.5) is 10.1 Å². The Hall–Kier alpha value is -1.77. The topological polar surface area (TPSA) is 66.5 Å². The van der Waals surface area contributed by atoms with Gasteiger partial charge in [0, 0.05) is 18.3 Å². The van der Waals surface area contributed by atoms with Crippen molar-refractivity contribution in [3.8, 4) is 0 Å². The fourth-order valence-corrected chi connectivity index (χ4v) is 5.78. The maximum Gasteiger partial charge on any atom is 0.243 e. The number of benzene rings is 2. The number of hydrogen-bond acceptors (Lipinski definition) is 3. The van der Waals surface area contributed by atoms with E-state index >= 15 is 0 Å². The van der Waals surface area contributed by atoms with Crippen LogP contribution in [0.2, 0.25) is 0 Å². The molecule has 3 rings (SSSR count). The van der Waals surface area contributed by atoms with Crippen molar-refractivity contribution in [2.24, 2.45) is 0 Å². The number of sulfonamides is 1. The minimum absolute atomic E-state index is 0.0354. The number of carbonyl (C=O) groups is 1. The van der Waals surface area contributed by atoms with Crippen molar-refractivity contribution in [1.82, 2.24) is 4.31 Å². The molecule has 0 bridgehead atoms. The van der Waals surface area contributed by atoms with Crippen LogP contribution >= 0.6 is 15.9 Å². The van der Waals surface area contributed by atoms with Crippen LogP contribution in [0.5, 0.6) is 0 Å². The molecular formula is C21H24BrFN2O3S. The van der Waals surface area contributed by atoms with E-state index in [1.165, 1.54) is 12.1 Å². The summed E-state index contributed by atoms with van der Waals surface area (Å²) in [6, 6.07) is 11.0. The molecule has 8 heteroatoms. The Balaban J connectivity index is 1.69. The lowest BCUT2D eigenvalue weighted by Crippen LogP contribution is -2.43. The minimum Gasteiger partial charge on any atom is -0.326 e. The van der Waals surface area contributed by atoms with Crippen LogP contribution in [0.1, 0.15) is 38.2 Å². The molecule has 1 aliphatic rings. The standard InChI is InChI=1S/C21H24BrFN2O3S/c1-2-17-7-3-4-13-25(17)29(27,28)18-11-9-16(10-12-18)24-20(26)14-15-6-5-8-19(22)21(15)23/h5-6,8-12,17H,2-4,7,13-14H2,1H3,(H,24,26). The molecule has 1 saturated heterocycles. The monoisotopic (exact) mass is 482 g/mol. The molecule has 1 atom stereocenters. The third-order valence-electron chi connectivity index (χ3n) is 5.17. The fraction of sp³-hybridized carbons (Fsp3) is 0.381. The van der Waals surface area contributed by atoms with E-state index in [1.807, 2.05) is 6.92 Å². The minimum atomic E-state index is -3.56. The summed E-state index contributed by atoms with van der Waals surface area (Å²) >= 11 is 3.10. The molecule has 1 N–H and O–H groups in total. The summed E-state index contributed by atoms with van der Waals surface area (Å²) in [5.41, 5.74) is 0.752. The van der Waals surface area contributed by atoms with Crippen LogP contribution in [-0.4, -0.2) is 31.2 Å². The summed E-state index contributed by atoms with van der Waals surface area (Å²) in [5.74, 6) is -0.837. The molecule has 29 heavy (non-hydrogen) atoms. The van der Waals surface area contributed by atoms with Crippen molar-refractivity contribution in [1.29, 1.82) is 0 Å². The third-order valence-corrected chi connectivity index (χ3v) is 7.75. The lowest BCUT2D eigenvalue weighted by Gasteiger charge is -2.34. The number of anilines is 1. The summed E-state index contributed by atoms with van der Waals surface area (Å²) < 4.78 is 41.9. The van der Waals surface area contributed by atoms with Gasteiger partial charge < -0.3 is 5.32 Å². The smallest absolute Gasteiger partial charge is 0.243 e. The van der Waals surface area contributed by atoms with Gasteiger partial charge >= 0.3 is 0 Å². The molecule has 1 aliphatic heterocycles. The van der Waals surface area contributed by atoms with E-state index in [0.717, 1.165) is 25.7 Å². The zero-order valence-corrected chi connectivity index (χ0v) is 18.6. The Morgan fingerprint density at radius 1 is 1.21 bits per heavy atom.